The second-order valence-electron chi connectivity index (χ2n) is 8.14. The van der Waals surface area contributed by atoms with Crippen molar-refractivity contribution >= 4 is 11.6 Å². The zero-order chi connectivity index (χ0) is 25.1. The molecule has 1 aliphatic rings. The van der Waals surface area contributed by atoms with Gasteiger partial charge in [0.05, 0.1) is 25.2 Å². The summed E-state index contributed by atoms with van der Waals surface area (Å²) in [5.41, 5.74) is 2.26. The van der Waals surface area contributed by atoms with Gasteiger partial charge in [-0.05, 0) is 66.9 Å². The summed E-state index contributed by atoms with van der Waals surface area (Å²) in [6.45, 7) is 2.04. The normalized spacial score (nSPS) is 14.7. The van der Waals surface area contributed by atoms with Gasteiger partial charge in [-0.15, -0.1) is 0 Å². The molecule has 0 saturated carbocycles. The fraction of sp³-hybridized carbons (Fsp3) is 0.269. The van der Waals surface area contributed by atoms with Gasteiger partial charge in [0.15, 0.2) is 11.5 Å². The molecule has 0 radical (unpaired) electrons. The lowest BCUT2D eigenvalue weighted by Crippen LogP contribution is -2.42. The van der Waals surface area contributed by atoms with Gasteiger partial charge in [-0.1, -0.05) is 6.07 Å². The van der Waals surface area contributed by atoms with Crippen LogP contribution in [0.4, 0.5) is 10.1 Å². The van der Waals surface area contributed by atoms with Gasteiger partial charge in [-0.3, -0.25) is 14.9 Å². The molecule has 9 heteroatoms. The summed E-state index contributed by atoms with van der Waals surface area (Å²) in [6, 6.07) is 13.3. The summed E-state index contributed by atoms with van der Waals surface area (Å²) < 4.78 is 30.2. The molecule has 0 fully saturated rings. The lowest BCUT2D eigenvalue weighted by molar-refractivity contribution is -0.385. The van der Waals surface area contributed by atoms with Crippen LogP contribution in [0.1, 0.15) is 33.1 Å². The molecular weight excluding hydrogens is 455 g/mol. The van der Waals surface area contributed by atoms with Crippen LogP contribution in [0, 0.1) is 22.9 Å². The Morgan fingerprint density at radius 2 is 1.80 bits per heavy atom. The van der Waals surface area contributed by atoms with Gasteiger partial charge in [-0.25, -0.2) is 4.39 Å². The summed E-state index contributed by atoms with van der Waals surface area (Å²) in [6.07, 6.45) is 0.558. The molecule has 8 nitrogen and oxygen atoms in total. The lowest BCUT2D eigenvalue weighted by Gasteiger charge is -2.38. The van der Waals surface area contributed by atoms with Crippen molar-refractivity contribution < 1.29 is 28.3 Å². The highest BCUT2D eigenvalue weighted by atomic mass is 19.1. The molecule has 4 rings (SSSR count). The minimum atomic E-state index is -0.519. The molecule has 1 amide bonds. The maximum atomic E-state index is 13.7. The Kier molecular flexibility index (Phi) is 6.86. The van der Waals surface area contributed by atoms with Crippen molar-refractivity contribution in [3.8, 4) is 17.2 Å². The van der Waals surface area contributed by atoms with Crippen molar-refractivity contribution in [3.05, 3.63) is 92.8 Å². The third kappa shape index (κ3) is 4.75. The second kappa shape index (κ2) is 10.0. The molecule has 1 atom stereocenters. The molecule has 3 aromatic carbocycles. The molecule has 0 unspecified atom stereocenters. The first-order chi connectivity index (χ1) is 16.8. The standard InChI is InChI=1S/C26H25FN2O6/c1-16-20(5-4-6-22(16)29(31)32)26(30)28-12-11-17-13-24(33-2)25(34-3)14-21(17)23(28)15-35-19-9-7-18(27)8-10-19/h4-10,13-14,23H,11-12,15H2,1-3H3/t23-/m0/s1. The third-order valence-corrected chi connectivity index (χ3v) is 6.22. The maximum Gasteiger partial charge on any atom is 0.273 e. The summed E-state index contributed by atoms with van der Waals surface area (Å²) in [7, 11) is 3.09. The average molecular weight is 480 g/mol. The number of benzene rings is 3. The topological polar surface area (TPSA) is 91.1 Å². The summed E-state index contributed by atoms with van der Waals surface area (Å²) >= 11 is 0. The largest absolute Gasteiger partial charge is 0.493 e. The van der Waals surface area contributed by atoms with Crippen molar-refractivity contribution in [1.82, 2.24) is 4.90 Å². The van der Waals surface area contributed by atoms with Gasteiger partial charge < -0.3 is 19.1 Å². The number of rotatable bonds is 7. The minimum Gasteiger partial charge on any atom is -0.493 e. The van der Waals surface area contributed by atoms with Gasteiger partial charge in [0, 0.05) is 23.7 Å². The van der Waals surface area contributed by atoms with Crippen molar-refractivity contribution in [1.29, 1.82) is 0 Å². The molecule has 0 spiro atoms. The highest BCUT2D eigenvalue weighted by Gasteiger charge is 2.34. The van der Waals surface area contributed by atoms with Crippen LogP contribution in [0.25, 0.3) is 0 Å². The fourth-order valence-corrected chi connectivity index (χ4v) is 4.36. The Morgan fingerprint density at radius 1 is 1.11 bits per heavy atom. The van der Waals surface area contributed by atoms with Crippen LogP contribution in [0.2, 0.25) is 0 Å². The number of amides is 1. The predicted molar refractivity (Wildman–Crippen MR) is 127 cm³/mol. The molecule has 1 heterocycles. The van der Waals surface area contributed by atoms with Gasteiger partial charge in [0.1, 0.15) is 18.2 Å². The lowest BCUT2D eigenvalue weighted by atomic mass is 9.91. The van der Waals surface area contributed by atoms with E-state index in [-0.39, 0.29) is 29.6 Å². The molecule has 0 bridgehead atoms. The Hall–Kier alpha value is -4.14. The van der Waals surface area contributed by atoms with E-state index in [9.17, 15) is 19.3 Å². The molecule has 3 aromatic rings. The van der Waals surface area contributed by atoms with Crippen LogP contribution >= 0.6 is 0 Å². The Balaban J connectivity index is 1.74. The van der Waals surface area contributed by atoms with Crippen LogP contribution in [-0.2, 0) is 6.42 Å². The Labute approximate surface area is 202 Å². The molecule has 0 aromatic heterocycles. The van der Waals surface area contributed by atoms with E-state index in [2.05, 4.69) is 0 Å². The van der Waals surface area contributed by atoms with Crippen molar-refractivity contribution in [2.24, 2.45) is 0 Å². The average Bonchev–Trinajstić information content (AvgIpc) is 2.86. The van der Waals surface area contributed by atoms with Gasteiger partial charge in [0.25, 0.3) is 11.6 Å². The number of carbonyl (C=O) groups is 1. The number of carbonyl (C=O) groups excluding carboxylic acids is 1. The van der Waals surface area contributed by atoms with E-state index >= 15 is 0 Å². The molecule has 0 aliphatic carbocycles. The smallest absolute Gasteiger partial charge is 0.273 e. The third-order valence-electron chi connectivity index (χ3n) is 6.22. The first-order valence-electron chi connectivity index (χ1n) is 11.0. The summed E-state index contributed by atoms with van der Waals surface area (Å²) in [5.74, 6) is 0.838. The van der Waals surface area contributed by atoms with E-state index < -0.39 is 11.0 Å². The number of nitro benzene ring substituents is 1. The molecular formula is C26H25FN2O6. The van der Waals surface area contributed by atoms with E-state index in [1.807, 2.05) is 12.1 Å². The zero-order valence-electron chi connectivity index (χ0n) is 19.6. The van der Waals surface area contributed by atoms with Crippen LogP contribution in [0.3, 0.4) is 0 Å². The second-order valence-corrected chi connectivity index (χ2v) is 8.14. The SMILES string of the molecule is COc1cc2c(cc1OC)[C@H](COc1ccc(F)cc1)N(C(=O)c1cccc([N+](=O)[O-])c1C)CC2. The number of fused-ring (bicyclic) bond motifs is 1. The van der Waals surface area contributed by atoms with Gasteiger partial charge >= 0.3 is 0 Å². The number of hydrogen-bond donors (Lipinski definition) is 0. The Morgan fingerprint density at radius 3 is 2.46 bits per heavy atom. The van der Waals surface area contributed by atoms with Crippen LogP contribution in [-0.4, -0.2) is 43.1 Å². The number of ether oxygens (including phenoxy) is 3. The number of nitrogens with zero attached hydrogens (tertiary/aromatic N) is 2. The number of methoxy groups -OCH3 is 2. The summed E-state index contributed by atoms with van der Waals surface area (Å²) in [5, 5.41) is 11.4. The molecule has 182 valence electrons. The predicted octanol–water partition coefficient (Wildman–Crippen LogP) is 4.88. The summed E-state index contributed by atoms with van der Waals surface area (Å²) in [4.78, 5) is 26.3. The number of nitro groups is 1. The van der Waals surface area contributed by atoms with Gasteiger partial charge in [0.2, 0.25) is 0 Å². The first-order valence-corrected chi connectivity index (χ1v) is 11.0. The van der Waals surface area contributed by atoms with Gasteiger partial charge in [-0.2, -0.15) is 0 Å². The first kappa shape index (κ1) is 24.0. The molecule has 0 saturated heterocycles. The maximum absolute atomic E-state index is 13.7. The Bertz CT molecular complexity index is 1260. The van der Waals surface area contributed by atoms with E-state index in [0.717, 1.165) is 11.1 Å². The number of hydrogen-bond acceptors (Lipinski definition) is 6. The van der Waals surface area contributed by atoms with E-state index in [1.165, 1.54) is 43.5 Å². The van der Waals surface area contributed by atoms with Crippen molar-refractivity contribution in [2.45, 2.75) is 19.4 Å². The highest BCUT2D eigenvalue weighted by molar-refractivity contribution is 5.97. The van der Waals surface area contributed by atoms with Crippen molar-refractivity contribution in [3.63, 3.8) is 0 Å². The molecule has 35 heavy (non-hydrogen) atoms. The molecule has 0 N–H and O–H groups in total. The van der Waals surface area contributed by atoms with Crippen LogP contribution in [0.15, 0.2) is 54.6 Å². The van der Waals surface area contributed by atoms with Crippen molar-refractivity contribution in [2.75, 3.05) is 27.4 Å². The van der Waals surface area contributed by atoms with Crippen LogP contribution in [0.5, 0.6) is 17.2 Å². The zero-order valence-corrected chi connectivity index (χ0v) is 19.6. The minimum absolute atomic E-state index is 0.0911. The number of halogens is 1. The van der Waals surface area contributed by atoms with E-state index in [0.29, 0.717) is 35.8 Å². The van der Waals surface area contributed by atoms with E-state index in [1.54, 1.807) is 25.0 Å². The monoisotopic (exact) mass is 480 g/mol. The van der Waals surface area contributed by atoms with E-state index in [4.69, 9.17) is 14.2 Å². The highest BCUT2D eigenvalue weighted by Crippen LogP contribution is 2.39. The fourth-order valence-electron chi connectivity index (χ4n) is 4.36. The van der Waals surface area contributed by atoms with Crippen LogP contribution < -0.4 is 14.2 Å². The molecule has 1 aliphatic heterocycles. The quantitative estimate of drug-likeness (QED) is 0.354.